The fourth-order valence-corrected chi connectivity index (χ4v) is 3.79. The minimum absolute atomic E-state index is 0.475. The first-order valence-electron chi connectivity index (χ1n) is 10.1. The van der Waals surface area contributed by atoms with Crippen molar-refractivity contribution in [2.24, 2.45) is 11.8 Å². The molecule has 1 aliphatic carbocycles. The van der Waals surface area contributed by atoms with Gasteiger partial charge in [0, 0.05) is 19.6 Å². The van der Waals surface area contributed by atoms with Gasteiger partial charge in [0.15, 0.2) is 0 Å². The molecule has 1 atom stereocenters. The highest BCUT2D eigenvalue weighted by Gasteiger charge is 2.53. The number of likely N-dealkylation sites (tertiary alicyclic amines) is 1. The van der Waals surface area contributed by atoms with Gasteiger partial charge >= 0.3 is 7.12 Å². The molecule has 3 heterocycles. The number of halogens is 1. The van der Waals surface area contributed by atoms with Crippen LogP contribution in [0, 0.1) is 11.8 Å². The van der Waals surface area contributed by atoms with Gasteiger partial charge in [0.1, 0.15) is 11.4 Å². The number of hydrogen-bond donors (Lipinski definition) is 0. The lowest BCUT2D eigenvalue weighted by atomic mass is 9.87. The fourth-order valence-electron chi connectivity index (χ4n) is 3.79. The van der Waals surface area contributed by atoms with Crippen LogP contribution in [0.15, 0.2) is 11.9 Å². The molecule has 2 saturated heterocycles. The van der Waals surface area contributed by atoms with Gasteiger partial charge in [-0.2, -0.15) is 0 Å². The summed E-state index contributed by atoms with van der Waals surface area (Å²) >= 11 is 0. The van der Waals surface area contributed by atoms with Crippen LogP contribution >= 0.6 is 0 Å². The number of aromatic nitrogens is 3. The van der Waals surface area contributed by atoms with E-state index in [0.29, 0.717) is 11.6 Å². The quantitative estimate of drug-likeness (QED) is 0.715. The number of rotatable bonds is 6. The Labute approximate surface area is 161 Å². The Balaban J connectivity index is 1.33. The summed E-state index contributed by atoms with van der Waals surface area (Å²) in [6, 6.07) is 0. The Kier molecular flexibility index (Phi) is 4.93. The smallest absolute Gasteiger partial charge is 0.398 e. The van der Waals surface area contributed by atoms with Crippen LogP contribution in [0.25, 0.3) is 6.08 Å². The molecule has 3 aliphatic rings. The normalized spacial score (nSPS) is 28.3. The van der Waals surface area contributed by atoms with Gasteiger partial charge in [-0.1, -0.05) is 5.21 Å². The molecular formula is C19H30BFN4O2. The summed E-state index contributed by atoms with van der Waals surface area (Å²) in [6.07, 6.45) is 7.15. The predicted octanol–water partition coefficient (Wildman–Crippen LogP) is 2.95. The average molecular weight is 376 g/mol. The Bertz CT molecular complexity index is 700. The monoisotopic (exact) mass is 376 g/mol. The van der Waals surface area contributed by atoms with E-state index in [-0.39, 0.29) is 0 Å². The van der Waals surface area contributed by atoms with Gasteiger partial charge in [-0.05, 0) is 71.4 Å². The van der Waals surface area contributed by atoms with Crippen molar-refractivity contribution in [2.75, 3.05) is 19.6 Å². The molecule has 0 radical (unpaired) electrons. The molecular weight excluding hydrogens is 346 g/mol. The maximum Gasteiger partial charge on any atom is 0.525 e. The summed E-state index contributed by atoms with van der Waals surface area (Å²) in [4.78, 5) is 2.57. The zero-order valence-electron chi connectivity index (χ0n) is 16.8. The van der Waals surface area contributed by atoms with E-state index in [2.05, 4.69) is 15.2 Å². The molecule has 0 bridgehead atoms. The first-order valence-corrected chi connectivity index (χ1v) is 10.1. The maximum absolute atomic E-state index is 14.6. The van der Waals surface area contributed by atoms with Gasteiger partial charge < -0.3 is 14.2 Å². The van der Waals surface area contributed by atoms with Crippen LogP contribution in [-0.4, -0.2) is 57.8 Å². The van der Waals surface area contributed by atoms with Crippen LogP contribution in [0.4, 0.5) is 4.39 Å². The van der Waals surface area contributed by atoms with Gasteiger partial charge in [-0.25, -0.2) is 4.39 Å². The van der Waals surface area contributed by atoms with Crippen LogP contribution in [-0.2, 0) is 15.9 Å². The van der Waals surface area contributed by atoms with Crippen LogP contribution in [0.5, 0.6) is 0 Å². The molecule has 1 aromatic heterocycles. The highest BCUT2D eigenvalue weighted by atomic mass is 19.1. The Morgan fingerprint density at radius 1 is 1.19 bits per heavy atom. The standard InChI is InChI=1S/C19H30BFN4O2/c1-18(2)19(3,4)27-20(26-18)17(21)9-16-13-25(23-22-16)12-15-7-8-24(11-15)10-14-5-6-14/h9,13-15H,5-8,10-12H2,1-4H3. The van der Waals surface area contributed by atoms with Gasteiger partial charge in [-0.3, -0.25) is 4.68 Å². The topological polar surface area (TPSA) is 52.4 Å². The molecule has 1 saturated carbocycles. The molecule has 3 fully saturated rings. The second kappa shape index (κ2) is 6.97. The van der Waals surface area contributed by atoms with Crippen LogP contribution in [0.2, 0.25) is 0 Å². The van der Waals surface area contributed by atoms with Crippen LogP contribution in [0.1, 0.15) is 52.7 Å². The lowest BCUT2D eigenvalue weighted by Gasteiger charge is -2.32. The molecule has 0 spiro atoms. The van der Waals surface area contributed by atoms with Crippen molar-refractivity contribution in [3.63, 3.8) is 0 Å². The van der Waals surface area contributed by atoms with Gasteiger partial charge in [0.05, 0.1) is 17.4 Å². The first kappa shape index (κ1) is 19.1. The van der Waals surface area contributed by atoms with E-state index < -0.39 is 24.0 Å². The molecule has 8 heteroatoms. The maximum atomic E-state index is 14.6. The number of nitrogens with zero attached hydrogens (tertiary/aromatic N) is 4. The largest absolute Gasteiger partial charge is 0.525 e. The van der Waals surface area contributed by atoms with E-state index >= 15 is 0 Å². The highest BCUT2D eigenvalue weighted by molar-refractivity contribution is 6.54. The van der Waals surface area contributed by atoms with E-state index in [4.69, 9.17) is 9.31 Å². The first-order chi connectivity index (χ1) is 12.7. The van der Waals surface area contributed by atoms with Gasteiger partial charge in [0.2, 0.25) is 0 Å². The lowest BCUT2D eigenvalue weighted by molar-refractivity contribution is 0.00578. The zero-order valence-corrected chi connectivity index (χ0v) is 16.8. The average Bonchev–Trinajstić information content (AvgIpc) is 3.00. The Hall–Kier alpha value is -1.25. The van der Waals surface area contributed by atoms with E-state index in [9.17, 15) is 4.39 Å². The molecule has 0 N–H and O–H groups in total. The SMILES string of the molecule is CC1(C)OB(C(F)=Cc2cn(CC3CCN(CC4CC4)C3)nn2)OC1(C)C. The lowest BCUT2D eigenvalue weighted by Crippen LogP contribution is -2.41. The number of hydrogen-bond acceptors (Lipinski definition) is 5. The van der Waals surface area contributed by atoms with Crippen molar-refractivity contribution in [2.45, 2.75) is 64.7 Å². The van der Waals surface area contributed by atoms with Crippen LogP contribution < -0.4 is 0 Å². The van der Waals surface area contributed by atoms with Crippen molar-refractivity contribution in [3.05, 3.63) is 17.6 Å². The summed E-state index contributed by atoms with van der Waals surface area (Å²) in [5, 5.41) is 8.26. The molecule has 4 rings (SSSR count). The second-order valence-electron chi connectivity index (χ2n) is 9.34. The molecule has 0 amide bonds. The minimum atomic E-state index is -0.994. The molecule has 1 aromatic rings. The summed E-state index contributed by atoms with van der Waals surface area (Å²) in [7, 11) is -0.994. The third-order valence-corrected chi connectivity index (χ3v) is 6.35. The molecule has 148 valence electrons. The zero-order chi connectivity index (χ0) is 19.2. The van der Waals surface area contributed by atoms with E-state index in [0.717, 1.165) is 19.0 Å². The molecule has 27 heavy (non-hydrogen) atoms. The Morgan fingerprint density at radius 3 is 2.56 bits per heavy atom. The third kappa shape index (κ3) is 4.28. The molecule has 6 nitrogen and oxygen atoms in total. The fraction of sp³-hybridized carbons (Fsp3) is 0.789. The van der Waals surface area contributed by atoms with Crippen molar-refractivity contribution in [1.82, 2.24) is 19.9 Å². The molecule has 2 aliphatic heterocycles. The summed E-state index contributed by atoms with van der Waals surface area (Å²) < 4.78 is 27.9. The Morgan fingerprint density at radius 2 is 1.89 bits per heavy atom. The van der Waals surface area contributed by atoms with Crippen molar-refractivity contribution >= 4 is 13.2 Å². The third-order valence-electron chi connectivity index (χ3n) is 6.35. The van der Waals surface area contributed by atoms with Crippen molar-refractivity contribution < 1.29 is 13.7 Å². The second-order valence-corrected chi connectivity index (χ2v) is 9.34. The van der Waals surface area contributed by atoms with Crippen LogP contribution in [0.3, 0.4) is 0 Å². The summed E-state index contributed by atoms with van der Waals surface area (Å²) in [6.45, 7) is 12.0. The van der Waals surface area contributed by atoms with Crippen molar-refractivity contribution in [1.29, 1.82) is 0 Å². The van der Waals surface area contributed by atoms with E-state index in [1.807, 2.05) is 32.4 Å². The van der Waals surface area contributed by atoms with Gasteiger partial charge in [-0.15, -0.1) is 5.10 Å². The molecule has 0 aromatic carbocycles. The minimum Gasteiger partial charge on any atom is -0.398 e. The van der Waals surface area contributed by atoms with E-state index in [1.54, 1.807) is 6.20 Å². The summed E-state index contributed by atoms with van der Waals surface area (Å²) in [5.74, 6) is 1.53. The predicted molar refractivity (Wildman–Crippen MR) is 102 cm³/mol. The van der Waals surface area contributed by atoms with Crippen molar-refractivity contribution in [3.8, 4) is 0 Å². The summed E-state index contributed by atoms with van der Waals surface area (Å²) in [5.41, 5.74) is -1.10. The highest BCUT2D eigenvalue weighted by Crippen LogP contribution is 2.39. The van der Waals surface area contributed by atoms with Gasteiger partial charge in [0.25, 0.3) is 0 Å². The van der Waals surface area contributed by atoms with E-state index in [1.165, 1.54) is 38.4 Å². The molecule has 1 unspecified atom stereocenters.